The van der Waals surface area contributed by atoms with Crippen LogP contribution in [0.3, 0.4) is 0 Å². The van der Waals surface area contributed by atoms with Gasteiger partial charge in [-0.25, -0.2) is 4.98 Å². The van der Waals surface area contributed by atoms with Crippen molar-refractivity contribution in [1.29, 1.82) is 0 Å². The highest BCUT2D eigenvalue weighted by molar-refractivity contribution is 5.97. The lowest BCUT2D eigenvalue weighted by Gasteiger charge is -2.36. The minimum absolute atomic E-state index is 0.116. The molecule has 7 heteroatoms. The SMILES string of the molecule is Cn1cc(Nc2nccc(N3CCCC(C)(C)C3=O)n2)cn1. The fourth-order valence-corrected chi connectivity index (χ4v) is 2.65. The molecule has 1 aliphatic rings. The number of carbonyl (C=O) groups excluding carboxylic acids is 1. The summed E-state index contributed by atoms with van der Waals surface area (Å²) in [6, 6.07) is 1.77. The molecule has 7 nitrogen and oxygen atoms in total. The molecule has 1 saturated heterocycles. The van der Waals surface area contributed by atoms with Crippen LogP contribution in [0.15, 0.2) is 24.7 Å². The first-order valence-electron chi connectivity index (χ1n) is 7.36. The molecule has 3 rings (SSSR count). The van der Waals surface area contributed by atoms with Crippen LogP contribution in [-0.4, -0.2) is 32.2 Å². The molecule has 0 atom stereocenters. The lowest BCUT2D eigenvalue weighted by molar-refractivity contribution is -0.128. The molecule has 2 aromatic rings. The van der Waals surface area contributed by atoms with E-state index in [0.717, 1.165) is 18.5 Å². The standard InChI is InChI=1S/C15H20N6O/c1-15(2)6-4-8-21(13(15)22)12-5-7-16-14(19-12)18-11-9-17-20(3)10-11/h5,7,9-10H,4,6,8H2,1-3H3,(H,16,18,19). The second kappa shape index (κ2) is 5.40. The number of carbonyl (C=O) groups is 1. The average molecular weight is 300 g/mol. The van der Waals surface area contributed by atoms with Crippen LogP contribution in [-0.2, 0) is 11.8 Å². The van der Waals surface area contributed by atoms with Gasteiger partial charge in [0.15, 0.2) is 0 Å². The van der Waals surface area contributed by atoms with E-state index < -0.39 is 0 Å². The van der Waals surface area contributed by atoms with E-state index in [1.807, 2.05) is 27.1 Å². The summed E-state index contributed by atoms with van der Waals surface area (Å²) in [6.45, 7) is 4.67. The van der Waals surface area contributed by atoms with E-state index in [1.54, 1.807) is 28.0 Å². The first-order valence-corrected chi connectivity index (χ1v) is 7.36. The Kier molecular flexibility index (Phi) is 3.56. The molecule has 1 aliphatic heterocycles. The molecule has 0 saturated carbocycles. The number of hydrogen-bond acceptors (Lipinski definition) is 5. The number of anilines is 3. The predicted molar refractivity (Wildman–Crippen MR) is 83.9 cm³/mol. The topological polar surface area (TPSA) is 75.9 Å². The van der Waals surface area contributed by atoms with Gasteiger partial charge < -0.3 is 5.32 Å². The maximum absolute atomic E-state index is 12.6. The molecule has 0 aromatic carbocycles. The molecule has 0 unspecified atom stereocenters. The van der Waals surface area contributed by atoms with E-state index in [1.165, 1.54) is 0 Å². The summed E-state index contributed by atoms with van der Waals surface area (Å²) >= 11 is 0. The zero-order valence-corrected chi connectivity index (χ0v) is 13.1. The van der Waals surface area contributed by atoms with Gasteiger partial charge in [0.1, 0.15) is 5.82 Å². The average Bonchev–Trinajstić information content (AvgIpc) is 2.87. The summed E-state index contributed by atoms with van der Waals surface area (Å²) in [5.41, 5.74) is 0.477. The van der Waals surface area contributed by atoms with Crippen LogP contribution < -0.4 is 10.2 Å². The number of hydrogen-bond donors (Lipinski definition) is 1. The first-order chi connectivity index (χ1) is 10.5. The third-order valence-electron chi connectivity index (χ3n) is 3.89. The van der Waals surface area contributed by atoms with Crippen molar-refractivity contribution in [2.24, 2.45) is 12.5 Å². The van der Waals surface area contributed by atoms with Gasteiger partial charge in [0.2, 0.25) is 11.9 Å². The molecule has 0 bridgehead atoms. The Morgan fingerprint density at radius 2 is 2.18 bits per heavy atom. The Morgan fingerprint density at radius 1 is 1.36 bits per heavy atom. The lowest BCUT2D eigenvalue weighted by Crippen LogP contribution is -2.46. The van der Waals surface area contributed by atoms with Crippen molar-refractivity contribution in [3.05, 3.63) is 24.7 Å². The zero-order valence-electron chi connectivity index (χ0n) is 13.1. The van der Waals surface area contributed by atoms with Crippen LogP contribution in [0.1, 0.15) is 26.7 Å². The second-order valence-electron chi connectivity index (χ2n) is 6.21. The summed E-state index contributed by atoms with van der Waals surface area (Å²) in [6.07, 6.45) is 7.09. The maximum atomic E-state index is 12.6. The molecule has 0 radical (unpaired) electrons. The number of nitrogens with one attached hydrogen (secondary N) is 1. The monoisotopic (exact) mass is 300 g/mol. The minimum atomic E-state index is -0.333. The van der Waals surface area contributed by atoms with E-state index in [9.17, 15) is 4.79 Å². The van der Waals surface area contributed by atoms with Crippen molar-refractivity contribution >= 4 is 23.4 Å². The number of amides is 1. The van der Waals surface area contributed by atoms with Crippen LogP contribution in [0.25, 0.3) is 0 Å². The Morgan fingerprint density at radius 3 is 2.91 bits per heavy atom. The molecule has 116 valence electrons. The quantitative estimate of drug-likeness (QED) is 0.939. The molecule has 1 fully saturated rings. The number of piperidine rings is 1. The third-order valence-corrected chi connectivity index (χ3v) is 3.89. The lowest BCUT2D eigenvalue weighted by atomic mass is 9.83. The Labute approximate surface area is 129 Å². The van der Waals surface area contributed by atoms with Crippen molar-refractivity contribution in [3.8, 4) is 0 Å². The van der Waals surface area contributed by atoms with E-state index in [2.05, 4.69) is 20.4 Å². The normalized spacial score (nSPS) is 17.6. The molecule has 22 heavy (non-hydrogen) atoms. The zero-order chi connectivity index (χ0) is 15.7. The number of aromatic nitrogens is 4. The summed E-state index contributed by atoms with van der Waals surface area (Å²) in [5.74, 6) is 1.21. The smallest absolute Gasteiger partial charge is 0.233 e. The van der Waals surface area contributed by atoms with Gasteiger partial charge in [-0.2, -0.15) is 10.1 Å². The van der Waals surface area contributed by atoms with Crippen molar-refractivity contribution in [2.75, 3.05) is 16.8 Å². The van der Waals surface area contributed by atoms with Gasteiger partial charge in [0, 0.05) is 31.4 Å². The van der Waals surface area contributed by atoms with Gasteiger partial charge >= 0.3 is 0 Å². The molecule has 1 N–H and O–H groups in total. The Bertz CT molecular complexity index is 693. The van der Waals surface area contributed by atoms with Gasteiger partial charge in [-0.3, -0.25) is 14.4 Å². The van der Waals surface area contributed by atoms with Crippen molar-refractivity contribution in [1.82, 2.24) is 19.7 Å². The van der Waals surface area contributed by atoms with Crippen LogP contribution in [0.2, 0.25) is 0 Å². The van der Waals surface area contributed by atoms with Gasteiger partial charge in [0.25, 0.3) is 0 Å². The first kappa shape index (κ1) is 14.5. The van der Waals surface area contributed by atoms with Gasteiger partial charge in [-0.05, 0) is 18.9 Å². The summed E-state index contributed by atoms with van der Waals surface area (Å²) in [7, 11) is 1.84. The number of nitrogens with zero attached hydrogens (tertiary/aromatic N) is 5. The molecule has 1 amide bonds. The molecule has 0 spiro atoms. The molecular weight excluding hydrogens is 280 g/mol. The van der Waals surface area contributed by atoms with E-state index in [4.69, 9.17) is 0 Å². The highest BCUT2D eigenvalue weighted by atomic mass is 16.2. The van der Waals surface area contributed by atoms with E-state index in [0.29, 0.717) is 18.3 Å². The third kappa shape index (κ3) is 2.79. The van der Waals surface area contributed by atoms with Gasteiger partial charge in [-0.1, -0.05) is 13.8 Å². The summed E-state index contributed by atoms with van der Waals surface area (Å²) in [4.78, 5) is 23.0. The highest BCUT2D eigenvalue weighted by Crippen LogP contribution is 2.32. The van der Waals surface area contributed by atoms with Crippen LogP contribution in [0.4, 0.5) is 17.5 Å². The van der Waals surface area contributed by atoms with E-state index >= 15 is 0 Å². The Hall–Kier alpha value is -2.44. The molecule has 3 heterocycles. The van der Waals surface area contributed by atoms with Crippen LogP contribution >= 0.6 is 0 Å². The van der Waals surface area contributed by atoms with Crippen molar-refractivity contribution < 1.29 is 4.79 Å². The molecule has 2 aromatic heterocycles. The predicted octanol–water partition coefficient (Wildman–Crippen LogP) is 2.11. The Balaban J connectivity index is 1.83. The van der Waals surface area contributed by atoms with E-state index in [-0.39, 0.29) is 11.3 Å². The summed E-state index contributed by atoms with van der Waals surface area (Å²) in [5, 5.41) is 7.19. The summed E-state index contributed by atoms with van der Waals surface area (Å²) < 4.78 is 1.70. The fraction of sp³-hybridized carbons (Fsp3) is 0.467. The number of rotatable bonds is 3. The van der Waals surface area contributed by atoms with Crippen LogP contribution in [0.5, 0.6) is 0 Å². The van der Waals surface area contributed by atoms with Crippen molar-refractivity contribution in [2.45, 2.75) is 26.7 Å². The maximum Gasteiger partial charge on any atom is 0.233 e. The van der Waals surface area contributed by atoms with Gasteiger partial charge in [0.05, 0.1) is 11.9 Å². The second-order valence-corrected chi connectivity index (χ2v) is 6.21. The fourth-order valence-electron chi connectivity index (χ4n) is 2.65. The van der Waals surface area contributed by atoms with Gasteiger partial charge in [-0.15, -0.1) is 0 Å². The van der Waals surface area contributed by atoms with Crippen LogP contribution in [0, 0.1) is 5.41 Å². The largest absolute Gasteiger partial charge is 0.321 e. The molecule has 0 aliphatic carbocycles. The molecular formula is C15H20N6O. The minimum Gasteiger partial charge on any atom is -0.321 e. The van der Waals surface area contributed by atoms with Crippen molar-refractivity contribution in [3.63, 3.8) is 0 Å². The highest BCUT2D eigenvalue weighted by Gasteiger charge is 2.36. The number of aryl methyl sites for hydroxylation is 1.